The van der Waals surface area contributed by atoms with Crippen LogP contribution in [0, 0.1) is 5.92 Å². The molecule has 4 nitrogen and oxygen atoms in total. The molecule has 0 aromatic carbocycles. The van der Waals surface area contributed by atoms with Crippen LogP contribution in [0.2, 0.25) is 0 Å². The zero-order chi connectivity index (χ0) is 13.7. The van der Waals surface area contributed by atoms with Crippen molar-refractivity contribution in [1.29, 1.82) is 0 Å². The zero-order valence-electron chi connectivity index (χ0n) is 11.7. The van der Waals surface area contributed by atoms with Crippen molar-refractivity contribution in [3.63, 3.8) is 0 Å². The van der Waals surface area contributed by atoms with E-state index in [1.165, 1.54) is 0 Å². The maximum absolute atomic E-state index is 11.8. The summed E-state index contributed by atoms with van der Waals surface area (Å²) in [4.78, 5) is 23.6. The van der Waals surface area contributed by atoms with Crippen molar-refractivity contribution in [2.45, 2.75) is 76.9 Å². The number of esters is 2. The van der Waals surface area contributed by atoms with E-state index in [-0.39, 0.29) is 30.6 Å². The predicted octanol–water partition coefficient (Wildman–Crippen LogP) is 2.98. The van der Waals surface area contributed by atoms with Gasteiger partial charge in [-0.25, -0.2) is 0 Å². The average Bonchev–Trinajstić information content (AvgIpc) is 3.01. The first-order valence-corrected chi connectivity index (χ1v) is 7.55. The minimum Gasteiger partial charge on any atom is -0.462 e. The lowest BCUT2D eigenvalue weighted by Crippen LogP contribution is -2.25. The fraction of sp³-hybridized carbons (Fsp3) is 0.867. The Labute approximate surface area is 114 Å². The largest absolute Gasteiger partial charge is 0.462 e. The van der Waals surface area contributed by atoms with Gasteiger partial charge in [0.15, 0.2) is 0 Å². The predicted molar refractivity (Wildman–Crippen MR) is 70.5 cm³/mol. The van der Waals surface area contributed by atoms with Gasteiger partial charge in [0, 0.05) is 0 Å². The number of hydrogen-bond acceptors (Lipinski definition) is 4. The second-order valence-electron chi connectivity index (χ2n) is 5.84. The molecule has 0 saturated heterocycles. The van der Waals surface area contributed by atoms with Crippen LogP contribution in [0.5, 0.6) is 0 Å². The molecule has 0 aromatic rings. The van der Waals surface area contributed by atoms with Gasteiger partial charge in [0.2, 0.25) is 0 Å². The normalized spacial score (nSPS) is 22.4. The van der Waals surface area contributed by atoms with Gasteiger partial charge in [-0.1, -0.05) is 6.92 Å². The molecule has 0 N–H and O–H groups in total. The highest BCUT2D eigenvalue weighted by Crippen LogP contribution is 2.24. The quantitative estimate of drug-likeness (QED) is 0.719. The van der Waals surface area contributed by atoms with E-state index in [0.717, 1.165) is 51.4 Å². The number of rotatable bonds is 5. The van der Waals surface area contributed by atoms with Gasteiger partial charge in [0.1, 0.15) is 12.2 Å². The van der Waals surface area contributed by atoms with Crippen LogP contribution >= 0.6 is 0 Å². The molecular formula is C15H24O4. The molecule has 0 bridgehead atoms. The standard InChI is InChI=1S/C15H24O4/c1-11(15(17)19-13-8-4-5-9-13)10-14(16)18-12-6-2-3-7-12/h11-13H,2-10H2,1H3. The van der Waals surface area contributed by atoms with Gasteiger partial charge in [-0.05, 0) is 51.4 Å². The van der Waals surface area contributed by atoms with E-state index >= 15 is 0 Å². The summed E-state index contributed by atoms with van der Waals surface area (Å²) in [5.74, 6) is -0.910. The van der Waals surface area contributed by atoms with Crippen LogP contribution in [-0.2, 0) is 19.1 Å². The maximum atomic E-state index is 11.8. The van der Waals surface area contributed by atoms with E-state index in [2.05, 4.69) is 0 Å². The van der Waals surface area contributed by atoms with Gasteiger partial charge < -0.3 is 9.47 Å². The Kier molecular flexibility index (Phi) is 5.23. The van der Waals surface area contributed by atoms with Crippen molar-refractivity contribution in [3.8, 4) is 0 Å². The Bertz CT molecular complexity index is 314. The Hall–Kier alpha value is -1.06. The molecular weight excluding hydrogens is 244 g/mol. The van der Waals surface area contributed by atoms with Crippen molar-refractivity contribution in [2.75, 3.05) is 0 Å². The van der Waals surface area contributed by atoms with Crippen LogP contribution in [0.15, 0.2) is 0 Å². The van der Waals surface area contributed by atoms with Gasteiger partial charge >= 0.3 is 11.9 Å². The highest BCUT2D eigenvalue weighted by molar-refractivity contribution is 5.79. The molecule has 2 saturated carbocycles. The Morgan fingerprint density at radius 2 is 1.42 bits per heavy atom. The average molecular weight is 268 g/mol. The Balaban J connectivity index is 1.68. The lowest BCUT2D eigenvalue weighted by Gasteiger charge is -2.16. The summed E-state index contributed by atoms with van der Waals surface area (Å²) in [6.45, 7) is 1.74. The summed E-state index contributed by atoms with van der Waals surface area (Å²) in [6, 6.07) is 0. The molecule has 108 valence electrons. The van der Waals surface area contributed by atoms with Crippen LogP contribution in [0.4, 0.5) is 0 Å². The van der Waals surface area contributed by atoms with Crippen molar-refractivity contribution in [3.05, 3.63) is 0 Å². The minimum absolute atomic E-state index is 0.0702. The number of hydrogen-bond donors (Lipinski definition) is 0. The molecule has 2 rings (SSSR count). The monoisotopic (exact) mass is 268 g/mol. The van der Waals surface area contributed by atoms with E-state index in [1.54, 1.807) is 6.92 Å². The van der Waals surface area contributed by atoms with Gasteiger partial charge in [0.25, 0.3) is 0 Å². The van der Waals surface area contributed by atoms with Crippen molar-refractivity contribution in [1.82, 2.24) is 0 Å². The molecule has 2 fully saturated rings. The van der Waals surface area contributed by atoms with Crippen LogP contribution in [0.25, 0.3) is 0 Å². The van der Waals surface area contributed by atoms with Gasteiger partial charge in [-0.2, -0.15) is 0 Å². The molecule has 0 aromatic heterocycles. The highest BCUT2D eigenvalue weighted by atomic mass is 16.6. The van der Waals surface area contributed by atoms with E-state index in [0.29, 0.717) is 0 Å². The zero-order valence-corrected chi connectivity index (χ0v) is 11.7. The fourth-order valence-corrected chi connectivity index (χ4v) is 2.86. The Morgan fingerprint density at radius 3 is 1.95 bits per heavy atom. The second-order valence-corrected chi connectivity index (χ2v) is 5.84. The van der Waals surface area contributed by atoms with Crippen molar-refractivity contribution >= 4 is 11.9 Å². The number of carbonyl (C=O) groups is 2. The first kappa shape index (κ1) is 14.4. The van der Waals surface area contributed by atoms with Crippen LogP contribution in [-0.4, -0.2) is 24.1 Å². The molecule has 1 atom stereocenters. The third-order valence-corrected chi connectivity index (χ3v) is 4.06. The topological polar surface area (TPSA) is 52.6 Å². The summed E-state index contributed by atoms with van der Waals surface area (Å²) >= 11 is 0. The smallest absolute Gasteiger partial charge is 0.309 e. The van der Waals surface area contributed by atoms with E-state index in [4.69, 9.17) is 9.47 Å². The van der Waals surface area contributed by atoms with E-state index in [1.807, 2.05) is 0 Å². The van der Waals surface area contributed by atoms with Crippen molar-refractivity contribution in [2.24, 2.45) is 5.92 Å². The first-order valence-electron chi connectivity index (χ1n) is 7.55. The summed E-state index contributed by atoms with van der Waals surface area (Å²) in [6.07, 6.45) is 8.68. The SMILES string of the molecule is CC(CC(=O)OC1CCCC1)C(=O)OC1CCCC1. The summed E-state index contributed by atoms with van der Waals surface area (Å²) in [5, 5.41) is 0. The lowest BCUT2D eigenvalue weighted by atomic mass is 10.1. The molecule has 0 amide bonds. The fourth-order valence-electron chi connectivity index (χ4n) is 2.86. The molecule has 1 unspecified atom stereocenters. The molecule has 0 heterocycles. The van der Waals surface area contributed by atoms with Crippen LogP contribution < -0.4 is 0 Å². The summed E-state index contributed by atoms with van der Waals surface area (Å²) < 4.78 is 10.8. The third-order valence-electron chi connectivity index (χ3n) is 4.06. The molecule has 0 aliphatic heterocycles. The summed E-state index contributed by atoms with van der Waals surface area (Å²) in [5.41, 5.74) is 0. The van der Waals surface area contributed by atoms with Crippen molar-refractivity contribution < 1.29 is 19.1 Å². The lowest BCUT2D eigenvalue weighted by molar-refractivity contribution is -0.160. The van der Waals surface area contributed by atoms with Crippen LogP contribution in [0.3, 0.4) is 0 Å². The minimum atomic E-state index is -0.394. The molecule has 2 aliphatic rings. The van der Waals surface area contributed by atoms with Gasteiger partial charge in [0.05, 0.1) is 12.3 Å². The molecule has 4 heteroatoms. The summed E-state index contributed by atoms with van der Waals surface area (Å²) in [7, 11) is 0. The first-order chi connectivity index (χ1) is 9.15. The number of ether oxygens (including phenoxy) is 2. The van der Waals surface area contributed by atoms with Gasteiger partial charge in [-0.15, -0.1) is 0 Å². The molecule has 2 aliphatic carbocycles. The second kappa shape index (κ2) is 6.92. The molecule has 0 radical (unpaired) electrons. The molecule has 0 spiro atoms. The Morgan fingerprint density at radius 1 is 0.947 bits per heavy atom. The van der Waals surface area contributed by atoms with E-state index in [9.17, 15) is 9.59 Å². The maximum Gasteiger partial charge on any atom is 0.309 e. The van der Waals surface area contributed by atoms with Gasteiger partial charge in [-0.3, -0.25) is 9.59 Å². The molecule has 19 heavy (non-hydrogen) atoms. The van der Waals surface area contributed by atoms with E-state index < -0.39 is 5.92 Å². The highest BCUT2D eigenvalue weighted by Gasteiger charge is 2.26. The van der Waals surface area contributed by atoms with Crippen LogP contribution in [0.1, 0.15) is 64.7 Å². The third kappa shape index (κ3) is 4.51. The number of carbonyl (C=O) groups excluding carboxylic acids is 2.